The maximum Gasteiger partial charge on any atom is 0.306 e. The Morgan fingerprint density at radius 1 is 0.308 bits per heavy atom. The molecule has 0 aliphatic heterocycles. The molecule has 6 heteroatoms. The Balaban J connectivity index is 4.22. The number of unbranched alkanes of at least 4 members (excludes halogenated alkanes) is 31. The first-order valence-electron chi connectivity index (χ1n) is 23.0. The minimum Gasteiger partial charge on any atom is -0.462 e. The molecule has 0 aromatic rings. The van der Waals surface area contributed by atoms with E-state index in [9.17, 15) is 14.4 Å². The Labute approximate surface area is 323 Å². The molecule has 0 aliphatic carbocycles. The summed E-state index contributed by atoms with van der Waals surface area (Å²) >= 11 is 0. The van der Waals surface area contributed by atoms with E-state index in [0.717, 1.165) is 57.8 Å². The Bertz CT molecular complexity index is 768. The van der Waals surface area contributed by atoms with E-state index in [0.29, 0.717) is 19.3 Å². The van der Waals surface area contributed by atoms with Crippen molar-refractivity contribution in [3.63, 3.8) is 0 Å². The van der Waals surface area contributed by atoms with Crippen LogP contribution in [0.2, 0.25) is 0 Å². The molecule has 0 aromatic heterocycles. The lowest BCUT2D eigenvalue weighted by Gasteiger charge is -2.18. The fourth-order valence-corrected chi connectivity index (χ4v) is 6.85. The van der Waals surface area contributed by atoms with Crippen molar-refractivity contribution in [3.05, 3.63) is 0 Å². The standard InChI is InChI=1S/C46H88O6/c1-4-7-10-13-16-18-20-21-22-23-24-26-27-30-33-36-39-45(48)51-42-43(41-50-44(47)38-35-32-29-15-12-9-6-3)52-46(49)40-37-34-31-28-25-19-17-14-11-8-5-2/h43H,4-42H2,1-3H3/t43-/m0/s1. The minimum absolute atomic E-state index is 0.0631. The van der Waals surface area contributed by atoms with E-state index in [-0.39, 0.29) is 31.1 Å². The van der Waals surface area contributed by atoms with Crippen LogP contribution in [0.5, 0.6) is 0 Å². The molecule has 0 N–H and O–H groups in total. The summed E-state index contributed by atoms with van der Waals surface area (Å²) in [7, 11) is 0. The summed E-state index contributed by atoms with van der Waals surface area (Å²) in [6, 6.07) is 0. The Hall–Kier alpha value is -1.59. The maximum atomic E-state index is 12.7. The zero-order chi connectivity index (χ0) is 38.0. The average molecular weight is 737 g/mol. The molecule has 0 heterocycles. The summed E-state index contributed by atoms with van der Waals surface area (Å²) in [6.07, 6.45) is 42.4. The summed E-state index contributed by atoms with van der Waals surface area (Å²) in [4.78, 5) is 37.6. The van der Waals surface area contributed by atoms with E-state index in [1.165, 1.54) is 161 Å². The van der Waals surface area contributed by atoms with Gasteiger partial charge in [-0.2, -0.15) is 0 Å². The van der Waals surface area contributed by atoms with Crippen molar-refractivity contribution in [3.8, 4) is 0 Å². The second kappa shape index (κ2) is 42.2. The third-order valence-electron chi connectivity index (χ3n) is 10.4. The lowest BCUT2D eigenvalue weighted by Crippen LogP contribution is -2.30. The molecule has 0 aliphatic rings. The lowest BCUT2D eigenvalue weighted by atomic mass is 10.0. The fourth-order valence-electron chi connectivity index (χ4n) is 6.85. The number of hydrogen-bond donors (Lipinski definition) is 0. The van der Waals surface area contributed by atoms with Crippen LogP contribution in [-0.2, 0) is 28.6 Å². The number of ether oxygens (including phenoxy) is 3. The normalized spacial score (nSPS) is 11.8. The van der Waals surface area contributed by atoms with Crippen molar-refractivity contribution in [2.45, 2.75) is 264 Å². The fraction of sp³-hybridized carbons (Fsp3) is 0.935. The SMILES string of the molecule is CCCCCCCCCCCCCCCCCCC(=O)OC[C@H](COC(=O)CCCCCCCCC)OC(=O)CCCCCCCCCCCCC. The molecule has 0 saturated carbocycles. The van der Waals surface area contributed by atoms with Gasteiger partial charge in [-0.3, -0.25) is 14.4 Å². The summed E-state index contributed by atoms with van der Waals surface area (Å²) in [5.41, 5.74) is 0. The number of carbonyl (C=O) groups excluding carboxylic acids is 3. The minimum atomic E-state index is -0.757. The molecular weight excluding hydrogens is 648 g/mol. The highest BCUT2D eigenvalue weighted by molar-refractivity contribution is 5.71. The van der Waals surface area contributed by atoms with Crippen molar-refractivity contribution in [2.24, 2.45) is 0 Å². The Kier molecular flexibility index (Phi) is 40.9. The van der Waals surface area contributed by atoms with Gasteiger partial charge in [-0.15, -0.1) is 0 Å². The van der Waals surface area contributed by atoms with E-state index < -0.39 is 6.10 Å². The quantitative estimate of drug-likeness (QED) is 0.0353. The first kappa shape index (κ1) is 50.4. The summed E-state index contributed by atoms with van der Waals surface area (Å²) in [6.45, 7) is 6.61. The molecule has 0 unspecified atom stereocenters. The van der Waals surface area contributed by atoms with Crippen LogP contribution in [0.15, 0.2) is 0 Å². The van der Waals surface area contributed by atoms with Crippen molar-refractivity contribution in [1.82, 2.24) is 0 Å². The predicted molar refractivity (Wildman–Crippen MR) is 220 cm³/mol. The van der Waals surface area contributed by atoms with Gasteiger partial charge < -0.3 is 14.2 Å². The highest BCUT2D eigenvalue weighted by atomic mass is 16.6. The monoisotopic (exact) mass is 737 g/mol. The summed E-state index contributed by atoms with van der Waals surface area (Å²) < 4.78 is 16.7. The molecule has 0 fully saturated rings. The van der Waals surface area contributed by atoms with Crippen LogP contribution < -0.4 is 0 Å². The van der Waals surface area contributed by atoms with Crippen molar-refractivity contribution < 1.29 is 28.6 Å². The topological polar surface area (TPSA) is 78.9 Å². The van der Waals surface area contributed by atoms with Crippen molar-refractivity contribution in [2.75, 3.05) is 13.2 Å². The van der Waals surface area contributed by atoms with Crippen LogP contribution in [-0.4, -0.2) is 37.2 Å². The van der Waals surface area contributed by atoms with Crippen molar-refractivity contribution >= 4 is 17.9 Å². The molecule has 0 amide bonds. The first-order valence-corrected chi connectivity index (χ1v) is 23.0. The second-order valence-corrected chi connectivity index (χ2v) is 15.7. The molecule has 52 heavy (non-hydrogen) atoms. The van der Waals surface area contributed by atoms with Gasteiger partial charge in [0, 0.05) is 19.3 Å². The first-order chi connectivity index (χ1) is 25.5. The molecule has 1 atom stereocenters. The van der Waals surface area contributed by atoms with Crippen LogP contribution in [0.4, 0.5) is 0 Å². The van der Waals surface area contributed by atoms with Crippen LogP contribution in [0.1, 0.15) is 258 Å². The van der Waals surface area contributed by atoms with E-state index in [4.69, 9.17) is 14.2 Å². The number of rotatable bonds is 42. The molecule has 0 spiro atoms. The van der Waals surface area contributed by atoms with Gasteiger partial charge in [0.2, 0.25) is 0 Å². The predicted octanol–water partition coefficient (Wildman–Crippen LogP) is 14.5. The van der Waals surface area contributed by atoms with Gasteiger partial charge >= 0.3 is 17.9 Å². The zero-order valence-corrected chi connectivity index (χ0v) is 35.1. The van der Waals surface area contributed by atoms with Crippen LogP contribution in [0.3, 0.4) is 0 Å². The molecule has 0 radical (unpaired) electrons. The van der Waals surface area contributed by atoms with Gasteiger partial charge in [0.1, 0.15) is 13.2 Å². The Morgan fingerprint density at radius 3 is 0.769 bits per heavy atom. The van der Waals surface area contributed by atoms with Crippen LogP contribution >= 0.6 is 0 Å². The highest BCUT2D eigenvalue weighted by Gasteiger charge is 2.19. The van der Waals surface area contributed by atoms with Gasteiger partial charge in [0.15, 0.2) is 6.10 Å². The summed E-state index contributed by atoms with van der Waals surface area (Å²) in [5, 5.41) is 0. The molecule has 0 bridgehead atoms. The largest absolute Gasteiger partial charge is 0.462 e. The summed E-state index contributed by atoms with van der Waals surface area (Å²) in [5.74, 6) is -0.858. The smallest absolute Gasteiger partial charge is 0.306 e. The van der Waals surface area contributed by atoms with E-state index in [2.05, 4.69) is 20.8 Å². The van der Waals surface area contributed by atoms with Gasteiger partial charge in [-0.25, -0.2) is 0 Å². The van der Waals surface area contributed by atoms with Crippen LogP contribution in [0.25, 0.3) is 0 Å². The van der Waals surface area contributed by atoms with Gasteiger partial charge in [0.05, 0.1) is 0 Å². The van der Waals surface area contributed by atoms with E-state index in [1.807, 2.05) is 0 Å². The van der Waals surface area contributed by atoms with Gasteiger partial charge in [-0.1, -0.05) is 220 Å². The third-order valence-corrected chi connectivity index (χ3v) is 10.4. The third kappa shape index (κ3) is 39.6. The molecule has 0 aromatic carbocycles. The molecule has 6 nitrogen and oxygen atoms in total. The van der Waals surface area contributed by atoms with Crippen molar-refractivity contribution in [1.29, 1.82) is 0 Å². The van der Waals surface area contributed by atoms with Gasteiger partial charge in [-0.05, 0) is 19.3 Å². The second-order valence-electron chi connectivity index (χ2n) is 15.7. The average Bonchev–Trinajstić information content (AvgIpc) is 3.14. The maximum absolute atomic E-state index is 12.7. The van der Waals surface area contributed by atoms with Crippen LogP contribution in [0, 0.1) is 0 Å². The molecule has 0 rings (SSSR count). The molecule has 308 valence electrons. The number of carbonyl (C=O) groups is 3. The van der Waals surface area contributed by atoms with E-state index in [1.54, 1.807) is 0 Å². The number of esters is 3. The highest BCUT2D eigenvalue weighted by Crippen LogP contribution is 2.16. The molecular formula is C46H88O6. The zero-order valence-electron chi connectivity index (χ0n) is 35.1. The lowest BCUT2D eigenvalue weighted by molar-refractivity contribution is -0.167. The Morgan fingerprint density at radius 2 is 0.519 bits per heavy atom. The van der Waals surface area contributed by atoms with E-state index >= 15 is 0 Å². The van der Waals surface area contributed by atoms with Gasteiger partial charge in [0.25, 0.3) is 0 Å². The molecule has 0 saturated heterocycles. The number of hydrogen-bond acceptors (Lipinski definition) is 6.